The molecule has 0 aliphatic rings. The van der Waals surface area contributed by atoms with E-state index in [0.717, 1.165) is 9.35 Å². The number of nitrogens with zero attached hydrogens (tertiary/aromatic N) is 1. The standard InChI is InChI=1S/C12H17BrN2O3S/c1-8(2)15(5-3-11(16)17)12(18)14-7-10-9(13)4-6-19-10/h4,6,8H,3,5,7H2,1-2H3,(H,14,18)(H,16,17). The topological polar surface area (TPSA) is 69.6 Å². The molecule has 7 heteroatoms. The fourth-order valence-corrected chi connectivity index (χ4v) is 2.95. The second-order valence-electron chi connectivity index (χ2n) is 4.28. The lowest BCUT2D eigenvalue weighted by molar-refractivity contribution is -0.137. The van der Waals surface area contributed by atoms with Gasteiger partial charge in [-0.25, -0.2) is 4.79 Å². The number of urea groups is 1. The van der Waals surface area contributed by atoms with Crippen molar-refractivity contribution in [3.05, 3.63) is 20.8 Å². The van der Waals surface area contributed by atoms with Crippen LogP contribution in [0.3, 0.4) is 0 Å². The van der Waals surface area contributed by atoms with Crippen molar-refractivity contribution >= 4 is 39.3 Å². The lowest BCUT2D eigenvalue weighted by Gasteiger charge is -2.26. The number of halogens is 1. The minimum atomic E-state index is -0.903. The number of carboxylic acid groups (broad SMARTS) is 1. The monoisotopic (exact) mass is 348 g/mol. The van der Waals surface area contributed by atoms with Crippen LogP contribution in [-0.2, 0) is 11.3 Å². The van der Waals surface area contributed by atoms with Gasteiger partial charge < -0.3 is 15.3 Å². The van der Waals surface area contributed by atoms with Crippen molar-refractivity contribution < 1.29 is 14.7 Å². The van der Waals surface area contributed by atoms with Gasteiger partial charge in [-0.2, -0.15) is 0 Å². The summed E-state index contributed by atoms with van der Waals surface area (Å²) in [6.45, 7) is 4.38. The molecule has 0 fully saturated rings. The Hall–Kier alpha value is -1.08. The first-order chi connectivity index (χ1) is 8.91. The molecule has 106 valence electrons. The molecule has 2 N–H and O–H groups in total. The van der Waals surface area contributed by atoms with Crippen LogP contribution in [0.5, 0.6) is 0 Å². The Morgan fingerprint density at radius 1 is 1.53 bits per heavy atom. The zero-order valence-electron chi connectivity index (χ0n) is 10.9. The second kappa shape index (κ2) is 7.49. The van der Waals surface area contributed by atoms with Gasteiger partial charge in [0.1, 0.15) is 0 Å². The van der Waals surface area contributed by atoms with Gasteiger partial charge in [-0.1, -0.05) is 0 Å². The number of carboxylic acids is 1. The molecule has 0 saturated carbocycles. The lowest BCUT2D eigenvalue weighted by atomic mass is 10.3. The van der Waals surface area contributed by atoms with Gasteiger partial charge in [-0.3, -0.25) is 4.79 Å². The maximum Gasteiger partial charge on any atom is 0.317 e. The van der Waals surface area contributed by atoms with Crippen LogP contribution in [0.2, 0.25) is 0 Å². The Labute approximate surface area is 124 Å². The highest BCUT2D eigenvalue weighted by molar-refractivity contribution is 9.10. The van der Waals surface area contributed by atoms with Crippen molar-refractivity contribution in [2.45, 2.75) is 32.9 Å². The summed E-state index contributed by atoms with van der Waals surface area (Å²) in [5.74, 6) is -0.903. The van der Waals surface area contributed by atoms with Crippen LogP contribution in [0, 0.1) is 0 Å². The highest BCUT2D eigenvalue weighted by atomic mass is 79.9. The molecular weight excluding hydrogens is 332 g/mol. The SMILES string of the molecule is CC(C)N(CCC(=O)O)C(=O)NCc1sccc1Br. The summed E-state index contributed by atoms with van der Waals surface area (Å²) in [5, 5.41) is 13.4. The van der Waals surface area contributed by atoms with E-state index in [2.05, 4.69) is 21.2 Å². The zero-order chi connectivity index (χ0) is 14.4. The number of carbonyl (C=O) groups is 2. The molecule has 0 aliphatic carbocycles. The van der Waals surface area contributed by atoms with Gasteiger partial charge >= 0.3 is 12.0 Å². The van der Waals surface area contributed by atoms with Gasteiger partial charge in [-0.05, 0) is 41.2 Å². The number of hydrogen-bond acceptors (Lipinski definition) is 3. The van der Waals surface area contributed by atoms with E-state index in [0.29, 0.717) is 6.54 Å². The molecule has 1 rings (SSSR count). The van der Waals surface area contributed by atoms with Crippen molar-refractivity contribution in [3.63, 3.8) is 0 Å². The summed E-state index contributed by atoms with van der Waals surface area (Å²) >= 11 is 4.96. The lowest BCUT2D eigenvalue weighted by Crippen LogP contribution is -2.44. The predicted molar refractivity (Wildman–Crippen MR) is 78.3 cm³/mol. The number of hydrogen-bond donors (Lipinski definition) is 2. The van der Waals surface area contributed by atoms with E-state index in [4.69, 9.17) is 5.11 Å². The van der Waals surface area contributed by atoms with E-state index >= 15 is 0 Å². The van der Waals surface area contributed by atoms with Gasteiger partial charge in [0.25, 0.3) is 0 Å². The van der Waals surface area contributed by atoms with Gasteiger partial charge in [-0.15, -0.1) is 11.3 Å². The molecule has 0 atom stereocenters. The van der Waals surface area contributed by atoms with E-state index in [-0.39, 0.29) is 25.0 Å². The molecule has 0 bridgehead atoms. The third-order valence-electron chi connectivity index (χ3n) is 2.54. The van der Waals surface area contributed by atoms with E-state index in [1.54, 1.807) is 11.3 Å². The Morgan fingerprint density at radius 3 is 2.68 bits per heavy atom. The first kappa shape index (κ1) is 16.0. The molecule has 0 aromatic carbocycles. The average Bonchev–Trinajstić information content (AvgIpc) is 2.71. The molecule has 1 aromatic rings. The van der Waals surface area contributed by atoms with E-state index in [9.17, 15) is 9.59 Å². The third-order valence-corrected chi connectivity index (χ3v) is 4.47. The quantitative estimate of drug-likeness (QED) is 0.830. The highest BCUT2D eigenvalue weighted by Crippen LogP contribution is 2.22. The number of carbonyl (C=O) groups excluding carboxylic acids is 1. The zero-order valence-corrected chi connectivity index (χ0v) is 13.3. The smallest absolute Gasteiger partial charge is 0.317 e. The molecule has 2 amide bonds. The molecular formula is C12H17BrN2O3S. The molecule has 1 aromatic heterocycles. The highest BCUT2D eigenvalue weighted by Gasteiger charge is 2.17. The number of aliphatic carboxylic acids is 1. The number of amides is 2. The van der Waals surface area contributed by atoms with E-state index < -0.39 is 5.97 Å². The normalized spacial score (nSPS) is 10.5. The van der Waals surface area contributed by atoms with Crippen molar-refractivity contribution in [1.29, 1.82) is 0 Å². The molecule has 0 unspecified atom stereocenters. The van der Waals surface area contributed by atoms with Crippen molar-refractivity contribution in [2.75, 3.05) is 6.54 Å². The Balaban J connectivity index is 2.52. The van der Waals surface area contributed by atoms with E-state index in [1.807, 2.05) is 25.3 Å². The Morgan fingerprint density at radius 2 is 2.21 bits per heavy atom. The average molecular weight is 349 g/mol. The first-order valence-corrected chi connectivity index (χ1v) is 7.57. The van der Waals surface area contributed by atoms with Crippen LogP contribution in [0.25, 0.3) is 0 Å². The van der Waals surface area contributed by atoms with E-state index in [1.165, 1.54) is 4.90 Å². The maximum atomic E-state index is 12.0. The molecule has 0 spiro atoms. The summed E-state index contributed by atoms with van der Waals surface area (Å²) in [4.78, 5) is 25.2. The van der Waals surface area contributed by atoms with Crippen LogP contribution in [0.4, 0.5) is 4.79 Å². The maximum absolute atomic E-state index is 12.0. The van der Waals surface area contributed by atoms with Crippen molar-refractivity contribution in [1.82, 2.24) is 10.2 Å². The summed E-state index contributed by atoms with van der Waals surface area (Å²) in [7, 11) is 0. The van der Waals surface area contributed by atoms with Crippen LogP contribution < -0.4 is 5.32 Å². The van der Waals surface area contributed by atoms with Crippen LogP contribution in [0.15, 0.2) is 15.9 Å². The molecule has 5 nitrogen and oxygen atoms in total. The minimum absolute atomic E-state index is 0.0360. The van der Waals surface area contributed by atoms with Crippen LogP contribution >= 0.6 is 27.3 Å². The van der Waals surface area contributed by atoms with Gasteiger partial charge in [0, 0.05) is 21.9 Å². The fourth-order valence-electron chi connectivity index (χ4n) is 1.52. The van der Waals surface area contributed by atoms with Crippen molar-refractivity contribution in [3.8, 4) is 0 Å². The number of nitrogens with one attached hydrogen (secondary N) is 1. The predicted octanol–water partition coefficient (Wildman–Crippen LogP) is 2.91. The molecule has 19 heavy (non-hydrogen) atoms. The Kier molecular flexibility index (Phi) is 6.30. The van der Waals surface area contributed by atoms with Crippen LogP contribution in [0.1, 0.15) is 25.1 Å². The van der Waals surface area contributed by atoms with Crippen LogP contribution in [-0.4, -0.2) is 34.6 Å². The van der Waals surface area contributed by atoms with Gasteiger partial charge in [0.15, 0.2) is 0 Å². The summed E-state index contributed by atoms with van der Waals surface area (Å²) in [6, 6.07) is 1.65. The Bertz CT molecular complexity index is 448. The van der Waals surface area contributed by atoms with Gasteiger partial charge in [0.2, 0.25) is 0 Å². The molecule has 0 aliphatic heterocycles. The number of thiophene rings is 1. The summed E-state index contributed by atoms with van der Waals surface area (Å²) < 4.78 is 0.972. The summed E-state index contributed by atoms with van der Waals surface area (Å²) in [5.41, 5.74) is 0. The third kappa shape index (κ3) is 5.20. The van der Waals surface area contributed by atoms with Gasteiger partial charge in [0.05, 0.1) is 13.0 Å². The molecule has 0 saturated heterocycles. The molecule has 0 radical (unpaired) electrons. The fraction of sp³-hybridized carbons (Fsp3) is 0.500. The summed E-state index contributed by atoms with van der Waals surface area (Å²) in [6.07, 6.45) is -0.0473. The largest absolute Gasteiger partial charge is 0.481 e. The second-order valence-corrected chi connectivity index (χ2v) is 6.14. The molecule has 1 heterocycles. The first-order valence-electron chi connectivity index (χ1n) is 5.90. The number of rotatable bonds is 6. The van der Waals surface area contributed by atoms with Crippen molar-refractivity contribution in [2.24, 2.45) is 0 Å². The minimum Gasteiger partial charge on any atom is -0.481 e.